The maximum atomic E-state index is 12.2. The van der Waals surface area contributed by atoms with Gasteiger partial charge in [0.05, 0.1) is 0 Å². The minimum absolute atomic E-state index is 0.126. The Kier molecular flexibility index (Phi) is 6.39. The summed E-state index contributed by atoms with van der Waals surface area (Å²) < 4.78 is 0. The molecule has 0 aliphatic carbocycles. The van der Waals surface area contributed by atoms with Crippen LogP contribution in [-0.4, -0.2) is 32.0 Å². The average Bonchev–Trinajstić information content (AvgIpc) is 2.61. The van der Waals surface area contributed by atoms with Crippen molar-refractivity contribution in [2.24, 2.45) is 0 Å². The van der Waals surface area contributed by atoms with Crippen LogP contribution in [0.3, 0.4) is 0 Å². The number of carbonyl (C=O) groups is 2. The quantitative estimate of drug-likeness (QED) is 0.812. The third kappa shape index (κ3) is 5.34. The third-order valence-electron chi connectivity index (χ3n) is 4.12. The van der Waals surface area contributed by atoms with Gasteiger partial charge in [0, 0.05) is 31.5 Å². The second kappa shape index (κ2) is 8.52. The van der Waals surface area contributed by atoms with Crippen LogP contribution >= 0.6 is 0 Å². The zero-order chi connectivity index (χ0) is 19.2. The first-order valence-electron chi connectivity index (χ1n) is 8.74. The summed E-state index contributed by atoms with van der Waals surface area (Å²) in [5.74, 6) is -1.28. The molecule has 0 saturated carbocycles. The Morgan fingerprint density at radius 2 is 1.54 bits per heavy atom. The Morgan fingerprint density at radius 1 is 0.923 bits per heavy atom. The number of para-hydroxylation sites is 2. The van der Waals surface area contributed by atoms with E-state index in [1.807, 2.05) is 66.5 Å². The fraction of sp³-hybridized carbons (Fsp3) is 0.333. The average molecular weight is 353 g/mol. The van der Waals surface area contributed by atoms with Gasteiger partial charge in [-0.2, -0.15) is 0 Å². The second-order valence-electron chi connectivity index (χ2n) is 7.26. The van der Waals surface area contributed by atoms with E-state index in [9.17, 15) is 9.59 Å². The minimum Gasteiger partial charge on any atom is -0.373 e. The Labute approximate surface area is 155 Å². The highest BCUT2D eigenvalue weighted by atomic mass is 16.2. The molecule has 138 valence electrons. The van der Waals surface area contributed by atoms with Gasteiger partial charge in [-0.15, -0.1) is 0 Å². The van der Waals surface area contributed by atoms with Gasteiger partial charge >= 0.3 is 11.8 Å². The van der Waals surface area contributed by atoms with Crippen LogP contribution in [0.25, 0.3) is 0 Å². The molecule has 2 rings (SSSR count). The lowest BCUT2D eigenvalue weighted by molar-refractivity contribution is -0.136. The summed E-state index contributed by atoms with van der Waals surface area (Å²) in [5, 5.41) is 5.39. The Bertz CT molecular complexity index is 751. The summed E-state index contributed by atoms with van der Waals surface area (Å²) in [6.07, 6.45) is 0. The molecule has 0 aromatic heterocycles. The van der Waals surface area contributed by atoms with Crippen molar-refractivity contribution in [3.63, 3.8) is 0 Å². The number of hydrogen-bond acceptors (Lipinski definition) is 3. The SMILES string of the molecule is CN(CCNC(=O)C(=O)Nc1ccccc1C(C)(C)C)c1ccccc1. The van der Waals surface area contributed by atoms with Gasteiger partial charge in [-0.1, -0.05) is 57.2 Å². The van der Waals surface area contributed by atoms with Crippen LogP contribution in [0.5, 0.6) is 0 Å². The monoisotopic (exact) mass is 353 g/mol. The van der Waals surface area contributed by atoms with E-state index in [0.717, 1.165) is 11.3 Å². The predicted octanol–water partition coefficient (Wildman–Crippen LogP) is 3.18. The molecule has 5 nitrogen and oxygen atoms in total. The van der Waals surface area contributed by atoms with Gasteiger partial charge in [-0.3, -0.25) is 9.59 Å². The Hall–Kier alpha value is -2.82. The van der Waals surface area contributed by atoms with Crippen LogP contribution in [0.1, 0.15) is 26.3 Å². The van der Waals surface area contributed by atoms with E-state index in [4.69, 9.17) is 0 Å². The first-order chi connectivity index (χ1) is 12.3. The van der Waals surface area contributed by atoms with Crippen molar-refractivity contribution in [3.05, 3.63) is 60.2 Å². The number of nitrogens with one attached hydrogen (secondary N) is 2. The van der Waals surface area contributed by atoms with Gasteiger partial charge in [-0.05, 0) is 29.2 Å². The summed E-state index contributed by atoms with van der Waals surface area (Å²) in [4.78, 5) is 26.3. The lowest BCUT2D eigenvalue weighted by Crippen LogP contribution is -2.39. The molecule has 0 fully saturated rings. The molecule has 2 amide bonds. The van der Waals surface area contributed by atoms with E-state index in [0.29, 0.717) is 18.8 Å². The normalized spacial score (nSPS) is 10.9. The zero-order valence-electron chi connectivity index (χ0n) is 15.9. The van der Waals surface area contributed by atoms with Crippen molar-refractivity contribution in [1.29, 1.82) is 0 Å². The van der Waals surface area contributed by atoms with Crippen molar-refractivity contribution < 1.29 is 9.59 Å². The van der Waals surface area contributed by atoms with Gasteiger partial charge in [0.25, 0.3) is 0 Å². The van der Waals surface area contributed by atoms with Crippen LogP contribution in [0.2, 0.25) is 0 Å². The van der Waals surface area contributed by atoms with Gasteiger partial charge in [-0.25, -0.2) is 0 Å². The molecule has 0 heterocycles. The fourth-order valence-electron chi connectivity index (χ4n) is 2.65. The van der Waals surface area contributed by atoms with Gasteiger partial charge in [0.15, 0.2) is 0 Å². The number of likely N-dealkylation sites (N-methyl/N-ethyl adjacent to an activating group) is 1. The van der Waals surface area contributed by atoms with E-state index >= 15 is 0 Å². The molecule has 0 radical (unpaired) electrons. The first-order valence-corrected chi connectivity index (χ1v) is 8.74. The number of rotatable bonds is 5. The maximum absolute atomic E-state index is 12.2. The zero-order valence-corrected chi connectivity index (χ0v) is 15.9. The number of nitrogens with zero attached hydrogens (tertiary/aromatic N) is 1. The maximum Gasteiger partial charge on any atom is 0.313 e. The summed E-state index contributed by atoms with van der Waals surface area (Å²) in [7, 11) is 1.95. The molecule has 2 aromatic rings. The molecule has 0 unspecified atom stereocenters. The highest BCUT2D eigenvalue weighted by molar-refractivity contribution is 6.39. The van der Waals surface area contributed by atoms with Crippen LogP contribution in [0, 0.1) is 0 Å². The molecule has 0 aliphatic heterocycles. The van der Waals surface area contributed by atoms with Gasteiger partial charge in [0.2, 0.25) is 0 Å². The molecule has 0 spiro atoms. The van der Waals surface area contributed by atoms with Crippen molar-refractivity contribution >= 4 is 23.2 Å². The summed E-state index contributed by atoms with van der Waals surface area (Å²) in [5.41, 5.74) is 2.59. The number of hydrogen-bond donors (Lipinski definition) is 2. The predicted molar refractivity (Wildman–Crippen MR) is 106 cm³/mol. The van der Waals surface area contributed by atoms with E-state index in [-0.39, 0.29) is 5.41 Å². The molecular weight excluding hydrogens is 326 g/mol. The topological polar surface area (TPSA) is 61.4 Å². The third-order valence-corrected chi connectivity index (χ3v) is 4.12. The molecule has 2 N–H and O–H groups in total. The fourth-order valence-corrected chi connectivity index (χ4v) is 2.65. The number of amides is 2. The highest BCUT2D eigenvalue weighted by Crippen LogP contribution is 2.29. The van der Waals surface area contributed by atoms with E-state index < -0.39 is 11.8 Å². The molecule has 0 bridgehead atoms. The Balaban J connectivity index is 1.88. The summed E-state index contributed by atoms with van der Waals surface area (Å²) in [6.45, 7) is 7.20. The van der Waals surface area contributed by atoms with Crippen molar-refractivity contribution in [1.82, 2.24) is 5.32 Å². The first kappa shape index (κ1) is 19.5. The van der Waals surface area contributed by atoms with Crippen molar-refractivity contribution in [3.8, 4) is 0 Å². The lowest BCUT2D eigenvalue weighted by Gasteiger charge is -2.23. The molecule has 0 saturated heterocycles. The van der Waals surface area contributed by atoms with E-state index in [2.05, 4.69) is 31.4 Å². The molecule has 0 atom stereocenters. The second-order valence-corrected chi connectivity index (χ2v) is 7.26. The number of anilines is 2. The number of carbonyl (C=O) groups excluding carboxylic acids is 2. The van der Waals surface area contributed by atoms with Crippen molar-refractivity contribution in [2.45, 2.75) is 26.2 Å². The molecule has 0 aliphatic rings. The van der Waals surface area contributed by atoms with Crippen LogP contribution in [0.4, 0.5) is 11.4 Å². The molecule has 2 aromatic carbocycles. The molecule has 26 heavy (non-hydrogen) atoms. The van der Waals surface area contributed by atoms with Crippen LogP contribution in [0.15, 0.2) is 54.6 Å². The van der Waals surface area contributed by atoms with Gasteiger partial charge in [0.1, 0.15) is 0 Å². The smallest absolute Gasteiger partial charge is 0.313 e. The molecule has 5 heteroatoms. The van der Waals surface area contributed by atoms with Crippen molar-refractivity contribution in [2.75, 3.05) is 30.4 Å². The summed E-state index contributed by atoms with van der Waals surface area (Å²) >= 11 is 0. The van der Waals surface area contributed by atoms with E-state index in [1.54, 1.807) is 0 Å². The standard InChI is InChI=1S/C21H27N3O2/c1-21(2,3)17-12-8-9-13-18(17)23-20(26)19(25)22-14-15-24(4)16-10-6-5-7-11-16/h5-13H,14-15H2,1-4H3,(H,22,25)(H,23,26). The largest absolute Gasteiger partial charge is 0.373 e. The Morgan fingerprint density at radius 3 is 2.19 bits per heavy atom. The lowest BCUT2D eigenvalue weighted by atomic mass is 9.86. The number of benzene rings is 2. The van der Waals surface area contributed by atoms with Gasteiger partial charge < -0.3 is 15.5 Å². The van der Waals surface area contributed by atoms with E-state index in [1.165, 1.54) is 0 Å². The molecular formula is C21H27N3O2. The minimum atomic E-state index is -0.649. The highest BCUT2D eigenvalue weighted by Gasteiger charge is 2.20. The summed E-state index contributed by atoms with van der Waals surface area (Å²) in [6, 6.07) is 17.4. The van der Waals surface area contributed by atoms with Crippen LogP contribution in [-0.2, 0) is 15.0 Å². The van der Waals surface area contributed by atoms with Crippen LogP contribution < -0.4 is 15.5 Å².